The second-order valence-electron chi connectivity index (χ2n) is 7.53. The van der Waals surface area contributed by atoms with Crippen LogP contribution in [0.15, 0.2) is 48.5 Å². The van der Waals surface area contributed by atoms with Gasteiger partial charge in [0.15, 0.2) is 0 Å². The second-order valence-corrected chi connectivity index (χ2v) is 7.94. The monoisotopic (exact) mass is 392 g/mol. The fraction of sp³-hybridized carbons (Fsp3) is 0.304. The quantitative estimate of drug-likeness (QED) is 0.621. The highest BCUT2D eigenvalue weighted by atomic mass is 35.5. The van der Waals surface area contributed by atoms with Gasteiger partial charge in [0.05, 0.1) is 22.4 Å². The van der Waals surface area contributed by atoms with E-state index in [-0.39, 0.29) is 6.04 Å². The van der Waals surface area contributed by atoms with E-state index in [1.54, 1.807) is 0 Å². The Morgan fingerprint density at radius 1 is 1.07 bits per heavy atom. The van der Waals surface area contributed by atoms with Gasteiger partial charge in [-0.15, -0.1) is 0 Å². The van der Waals surface area contributed by atoms with Crippen LogP contribution in [-0.4, -0.2) is 24.1 Å². The van der Waals surface area contributed by atoms with Gasteiger partial charge in [0.2, 0.25) is 0 Å². The number of rotatable bonds is 4. The molecule has 0 fully saturated rings. The average molecular weight is 393 g/mol. The Morgan fingerprint density at radius 3 is 2.71 bits per heavy atom. The van der Waals surface area contributed by atoms with Crippen molar-refractivity contribution in [1.29, 1.82) is 0 Å². The zero-order valence-corrected chi connectivity index (χ0v) is 17.3. The minimum absolute atomic E-state index is 0.287. The highest BCUT2D eigenvalue weighted by Crippen LogP contribution is 2.34. The third-order valence-electron chi connectivity index (χ3n) is 5.25. The van der Waals surface area contributed by atoms with Crippen molar-refractivity contribution in [3.8, 4) is 11.3 Å². The van der Waals surface area contributed by atoms with Gasteiger partial charge >= 0.3 is 0 Å². The fourth-order valence-corrected chi connectivity index (χ4v) is 4.17. The molecule has 1 unspecified atom stereocenters. The van der Waals surface area contributed by atoms with Crippen LogP contribution in [0.1, 0.15) is 35.8 Å². The van der Waals surface area contributed by atoms with Crippen LogP contribution >= 0.6 is 11.6 Å². The molecule has 1 aliphatic rings. The summed E-state index contributed by atoms with van der Waals surface area (Å²) in [6, 6.07) is 17.0. The number of halogens is 1. The lowest BCUT2D eigenvalue weighted by Crippen LogP contribution is -2.18. The van der Waals surface area contributed by atoms with E-state index in [0.717, 1.165) is 46.5 Å². The first-order valence-corrected chi connectivity index (χ1v) is 10.1. The summed E-state index contributed by atoms with van der Waals surface area (Å²) in [5.41, 5.74) is 5.73. The lowest BCUT2D eigenvalue weighted by atomic mass is 9.88. The fourth-order valence-electron chi connectivity index (χ4n) is 3.89. The van der Waals surface area contributed by atoms with E-state index < -0.39 is 0 Å². The molecule has 28 heavy (non-hydrogen) atoms. The number of aryl methyl sites for hydroxylation is 2. The SMILES string of the molecule is Cc1nc(NC2CCCc3ccccc32)cc(-c2ccc(Cl)c(N(C)C)c2)n1. The molecule has 0 saturated heterocycles. The van der Waals surface area contributed by atoms with E-state index in [9.17, 15) is 0 Å². The largest absolute Gasteiger partial charge is 0.376 e. The lowest BCUT2D eigenvalue weighted by molar-refractivity contribution is 0.598. The molecule has 0 radical (unpaired) electrons. The molecule has 144 valence electrons. The number of fused-ring (bicyclic) bond motifs is 1. The normalized spacial score (nSPS) is 15.8. The van der Waals surface area contributed by atoms with Gasteiger partial charge in [0.1, 0.15) is 11.6 Å². The van der Waals surface area contributed by atoms with Gasteiger partial charge in [0.25, 0.3) is 0 Å². The molecular weight excluding hydrogens is 368 g/mol. The Kier molecular flexibility index (Phi) is 5.23. The molecule has 0 amide bonds. The van der Waals surface area contributed by atoms with E-state index in [2.05, 4.69) is 45.6 Å². The average Bonchev–Trinajstić information content (AvgIpc) is 2.68. The predicted octanol–water partition coefficient (Wildman–Crippen LogP) is 5.66. The first-order chi connectivity index (χ1) is 13.5. The molecule has 1 N–H and O–H groups in total. The molecule has 3 aromatic rings. The van der Waals surface area contributed by atoms with Gasteiger partial charge in [-0.1, -0.05) is 41.9 Å². The topological polar surface area (TPSA) is 41.1 Å². The van der Waals surface area contributed by atoms with Crippen molar-refractivity contribution >= 4 is 23.1 Å². The summed E-state index contributed by atoms with van der Waals surface area (Å²) in [6.45, 7) is 1.94. The molecule has 1 aliphatic carbocycles. The lowest BCUT2D eigenvalue weighted by Gasteiger charge is -2.27. The van der Waals surface area contributed by atoms with Gasteiger partial charge in [-0.3, -0.25) is 0 Å². The minimum Gasteiger partial charge on any atom is -0.376 e. The maximum Gasteiger partial charge on any atom is 0.130 e. The van der Waals surface area contributed by atoms with E-state index in [0.29, 0.717) is 0 Å². The highest BCUT2D eigenvalue weighted by molar-refractivity contribution is 6.33. The van der Waals surface area contributed by atoms with Crippen LogP contribution in [0.5, 0.6) is 0 Å². The predicted molar refractivity (Wildman–Crippen MR) is 117 cm³/mol. The summed E-state index contributed by atoms with van der Waals surface area (Å²) in [4.78, 5) is 11.3. The van der Waals surface area contributed by atoms with Gasteiger partial charge in [-0.25, -0.2) is 9.97 Å². The Balaban J connectivity index is 1.67. The van der Waals surface area contributed by atoms with Crippen molar-refractivity contribution in [3.63, 3.8) is 0 Å². The van der Waals surface area contributed by atoms with E-state index >= 15 is 0 Å². The molecule has 0 aliphatic heterocycles. The Labute approximate surface area is 171 Å². The Morgan fingerprint density at radius 2 is 1.89 bits per heavy atom. The van der Waals surface area contributed by atoms with E-state index in [1.165, 1.54) is 17.5 Å². The number of nitrogens with zero attached hydrogens (tertiary/aromatic N) is 3. The summed E-state index contributed by atoms with van der Waals surface area (Å²) in [7, 11) is 3.98. The summed E-state index contributed by atoms with van der Waals surface area (Å²) in [5, 5.41) is 4.38. The molecule has 2 aromatic carbocycles. The first kappa shape index (κ1) is 18.8. The van der Waals surface area contributed by atoms with Crippen molar-refractivity contribution in [1.82, 2.24) is 9.97 Å². The molecule has 1 heterocycles. The minimum atomic E-state index is 0.287. The van der Waals surface area contributed by atoms with Crippen LogP contribution in [0.2, 0.25) is 5.02 Å². The molecule has 0 saturated carbocycles. The van der Waals surface area contributed by atoms with E-state index in [4.69, 9.17) is 11.6 Å². The van der Waals surface area contributed by atoms with Crippen LogP contribution in [0.4, 0.5) is 11.5 Å². The molecule has 1 atom stereocenters. The molecule has 1 aromatic heterocycles. The van der Waals surface area contributed by atoms with Crippen LogP contribution in [0, 0.1) is 6.92 Å². The summed E-state index contributed by atoms with van der Waals surface area (Å²) in [6.07, 6.45) is 3.45. The summed E-state index contributed by atoms with van der Waals surface area (Å²) in [5.74, 6) is 1.62. The maximum atomic E-state index is 6.33. The van der Waals surface area contributed by atoms with Crippen molar-refractivity contribution in [2.75, 3.05) is 24.3 Å². The summed E-state index contributed by atoms with van der Waals surface area (Å²) >= 11 is 6.33. The van der Waals surface area contributed by atoms with Gasteiger partial charge in [0, 0.05) is 25.7 Å². The molecular formula is C23H25ClN4. The smallest absolute Gasteiger partial charge is 0.130 e. The van der Waals surface area contributed by atoms with Gasteiger partial charge in [-0.05, 0) is 49.4 Å². The highest BCUT2D eigenvalue weighted by Gasteiger charge is 2.20. The summed E-state index contributed by atoms with van der Waals surface area (Å²) < 4.78 is 0. The van der Waals surface area contributed by atoms with Gasteiger partial charge in [-0.2, -0.15) is 0 Å². The molecule has 4 rings (SSSR count). The number of anilines is 2. The first-order valence-electron chi connectivity index (χ1n) is 9.68. The van der Waals surface area contributed by atoms with Crippen LogP contribution in [0.3, 0.4) is 0 Å². The second kappa shape index (κ2) is 7.80. The van der Waals surface area contributed by atoms with E-state index in [1.807, 2.05) is 44.1 Å². The number of aromatic nitrogens is 2. The number of nitrogens with one attached hydrogen (secondary N) is 1. The number of hydrogen-bond acceptors (Lipinski definition) is 4. The third kappa shape index (κ3) is 3.83. The Hall–Kier alpha value is -2.59. The molecule has 0 spiro atoms. The molecule has 0 bridgehead atoms. The number of hydrogen-bond donors (Lipinski definition) is 1. The van der Waals surface area contributed by atoms with Gasteiger partial charge < -0.3 is 10.2 Å². The maximum absolute atomic E-state index is 6.33. The third-order valence-corrected chi connectivity index (χ3v) is 5.57. The standard InChI is InChI=1S/C23H25ClN4/c1-15-25-21(17-11-12-19(24)22(13-17)28(2)3)14-23(26-15)27-20-10-6-8-16-7-4-5-9-18(16)20/h4-5,7,9,11-14,20H,6,8,10H2,1-3H3,(H,25,26,27). The zero-order chi connectivity index (χ0) is 19.7. The van der Waals surface area contributed by atoms with Crippen molar-refractivity contribution in [3.05, 3.63) is 70.5 Å². The van der Waals surface area contributed by atoms with Crippen LogP contribution in [-0.2, 0) is 6.42 Å². The van der Waals surface area contributed by atoms with Crippen LogP contribution in [0.25, 0.3) is 11.3 Å². The Bertz CT molecular complexity index is 1000. The number of benzene rings is 2. The molecule has 5 heteroatoms. The van der Waals surface area contributed by atoms with Crippen molar-refractivity contribution in [2.24, 2.45) is 0 Å². The van der Waals surface area contributed by atoms with Crippen LogP contribution < -0.4 is 10.2 Å². The molecule has 4 nitrogen and oxygen atoms in total. The van der Waals surface area contributed by atoms with Crippen molar-refractivity contribution < 1.29 is 0 Å². The zero-order valence-electron chi connectivity index (χ0n) is 16.5. The van der Waals surface area contributed by atoms with Crippen molar-refractivity contribution in [2.45, 2.75) is 32.2 Å².